The second-order valence-corrected chi connectivity index (χ2v) is 4.89. The predicted octanol–water partition coefficient (Wildman–Crippen LogP) is 1.30. The molecule has 2 aliphatic rings. The molecule has 1 N–H and O–H groups in total. The molecule has 3 rings (SSSR count). The summed E-state index contributed by atoms with van der Waals surface area (Å²) in [6.07, 6.45) is 2.06. The predicted molar refractivity (Wildman–Crippen MR) is 70.2 cm³/mol. The third-order valence-corrected chi connectivity index (χ3v) is 3.68. The van der Waals surface area contributed by atoms with Gasteiger partial charge in [0.2, 0.25) is 12.7 Å². The van der Waals surface area contributed by atoms with Gasteiger partial charge in [-0.2, -0.15) is 0 Å². The van der Waals surface area contributed by atoms with Crippen LogP contribution in [0.5, 0.6) is 11.5 Å². The largest absolute Gasteiger partial charge is 0.454 e. The van der Waals surface area contributed by atoms with Crippen LogP contribution in [0.25, 0.3) is 0 Å². The zero-order valence-corrected chi connectivity index (χ0v) is 11.0. The van der Waals surface area contributed by atoms with Crippen LogP contribution in [0, 0.1) is 0 Å². The van der Waals surface area contributed by atoms with E-state index < -0.39 is 0 Å². The van der Waals surface area contributed by atoms with Gasteiger partial charge in [0, 0.05) is 6.54 Å². The Labute approximate surface area is 112 Å². The highest BCUT2D eigenvalue weighted by Gasteiger charge is 2.30. The second kappa shape index (κ2) is 5.09. The van der Waals surface area contributed by atoms with Gasteiger partial charge in [-0.3, -0.25) is 4.79 Å². The van der Waals surface area contributed by atoms with Gasteiger partial charge in [-0.15, -0.1) is 0 Å². The highest BCUT2D eigenvalue weighted by molar-refractivity contribution is 5.79. The van der Waals surface area contributed by atoms with Crippen LogP contribution in [0.3, 0.4) is 0 Å². The first-order valence-electron chi connectivity index (χ1n) is 6.63. The maximum Gasteiger partial charge on any atom is 0.237 e. The van der Waals surface area contributed by atoms with Gasteiger partial charge in [-0.25, -0.2) is 0 Å². The van der Waals surface area contributed by atoms with Crippen LogP contribution in [0.15, 0.2) is 18.2 Å². The molecule has 1 aromatic rings. The summed E-state index contributed by atoms with van der Waals surface area (Å²) in [5, 5.41) is 2.92. The molecule has 5 heteroatoms. The highest BCUT2D eigenvalue weighted by atomic mass is 16.7. The molecule has 0 aromatic heterocycles. The smallest absolute Gasteiger partial charge is 0.237 e. The van der Waals surface area contributed by atoms with Gasteiger partial charge in [0.1, 0.15) is 0 Å². The summed E-state index contributed by atoms with van der Waals surface area (Å²) in [7, 11) is 1.80. The molecule has 1 fully saturated rings. The fourth-order valence-corrected chi connectivity index (χ4v) is 2.78. The maximum atomic E-state index is 12.1. The van der Waals surface area contributed by atoms with E-state index >= 15 is 0 Å². The lowest BCUT2D eigenvalue weighted by molar-refractivity contribution is -0.131. The van der Waals surface area contributed by atoms with Gasteiger partial charge in [-0.1, -0.05) is 6.07 Å². The average Bonchev–Trinajstić information content (AvgIpc) is 3.07. The first kappa shape index (κ1) is 12.3. The van der Waals surface area contributed by atoms with Crippen LogP contribution in [0.4, 0.5) is 0 Å². The number of rotatable bonds is 3. The Morgan fingerprint density at radius 2 is 2.26 bits per heavy atom. The quantitative estimate of drug-likeness (QED) is 0.892. The molecule has 0 saturated carbocycles. The van der Waals surface area contributed by atoms with E-state index in [4.69, 9.17) is 9.47 Å². The van der Waals surface area contributed by atoms with Gasteiger partial charge >= 0.3 is 0 Å². The number of nitrogens with zero attached hydrogens (tertiary/aromatic N) is 1. The summed E-state index contributed by atoms with van der Waals surface area (Å²) in [6.45, 7) is 1.51. The van der Waals surface area contributed by atoms with Crippen LogP contribution in [0.1, 0.15) is 24.4 Å². The lowest BCUT2D eigenvalue weighted by Gasteiger charge is -2.25. The van der Waals surface area contributed by atoms with E-state index in [1.165, 1.54) is 0 Å². The molecule has 102 valence electrons. The number of ether oxygens (including phenoxy) is 2. The number of benzene rings is 1. The first-order chi connectivity index (χ1) is 9.29. The van der Waals surface area contributed by atoms with Crippen molar-refractivity contribution in [3.63, 3.8) is 0 Å². The number of likely N-dealkylation sites (tertiary alicyclic amines) is 1. The van der Waals surface area contributed by atoms with Crippen molar-refractivity contribution >= 4 is 5.91 Å². The van der Waals surface area contributed by atoms with Crippen molar-refractivity contribution in [2.45, 2.75) is 18.9 Å². The first-order valence-corrected chi connectivity index (χ1v) is 6.63. The molecule has 1 aromatic carbocycles. The number of nitrogens with one attached hydrogen (secondary N) is 1. The Hall–Kier alpha value is -1.75. The molecule has 2 aliphatic heterocycles. The Morgan fingerprint density at radius 1 is 1.42 bits per heavy atom. The molecule has 5 nitrogen and oxygen atoms in total. The monoisotopic (exact) mass is 262 g/mol. The van der Waals surface area contributed by atoms with E-state index in [-0.39, 0.29) is 18.7 Å². The van der Waals surface area contributed by atoms with Gasteiger partial charge in [0.05, 0.1) is 12.6 Å². The minimum Gasteiger partial charge on any atom is -0.454 e. The summed E-state index contributed by atoms with van der Waals surface area (Å²) >= 11 is 0. The van der Waals surface area contributed by atoms with E-state index in [0.29, 0.717) is 6.54 Å². The van der Waals surface area contributed by atoms with Crippen molar-refractivity contribution in [3.05, 3.63) is 23.8 Å². The van der Waals surface area contributed by atoms with Crippen molar-refractivity contribution in [1.82, 2.24) is 10.2 Å². The molecule has 19 heavy (non-hydrogen) atoms. The van der Waals surface area contributed by atoms with Crippen LogP contribution in [0.2, 0.25) is 0 Å². The Bertz CT molecular complexity index is 490. The normalized spacial score (nSPS) is 20.9. The number of amides is 1. The van der Waals surface area contributed by atoms with Gasteiger partial charge in [0.25, 0.3) is 0 Å². The van der Waals surface area contributed by atoms with Crippen LogP contribution < -0.4 is 14.8 Å². The fraction of sp³-hybridized carbons (Fsp3) is 0.500. The van der Waals surface area contributed by atoms with E-state index in [9.17, 15) is 4.79 Å². The zero-order valence-electron chi connectivity index (χ0n) is 11.0. The van der Waals surface area contributed by atoms with Gasteiger partial charge in [-0.05, 0) is 37.6 Å². The molecule has 1 unspecified atom stereocenters. The summed E-state index contributed by atoms with van der Waals surface area (Å²) in [5.41, 5.74) is 1.13. The van der Waals surface area contributed by atoms with Gasteiger partial charge < -0.3 is 19.7 Å². The Kier molecular flexibility index (Phi) is 3.29. The van der Waals surface area contributed by atoms with Crippen molar-refractivity contribution in [2.24, 2.45) is 0 Å². The zero-order chi connectivity index (χ0) is 13.2. The van der Waals surface area contributed by atoms with E-state index in [0.717, 1.165) is 36.4 Å². The van der Waals surface area contributed by atoms with Crippen LogP contribution in [-0.2, 0) is 4.79 Å². The minimum atomic E-state index is 0.155. The van der Waals surface area contributed by atoms with Crippen LogP contribution >= 0.6 is 0 Å². The molecule has 1 atom stereocenters. The number of carbonyl (C=O) groups is 1. The van der Waals surface area contributed by atoms with Gasteiger partial charge in [0.15, 0.2) is 11.5 Å². The minimum absolute atomic E-state index is 0.155. The molecule has 1 saturated heterocycles. The van der Waals surface area contributed by atoms with Crippen molar-refractivity contribution < 1.29 is 14.3 Å². The summed E-state index contributed by atoms with van der Waals surface area (Å²) < 4.78 is 10.7. The summed E-state index contributed by atoms with van der Waals surface area (Å²) in [4.78, 5) is 14.0. The number of carbonyl (C=O) groups excluding carboxylic acids is 1. The van der Waals surface area contributed by atoms with Crippen molar-refractivity contribution in [2.75, 3.05) is 26.9 Å². The lowest BCUT2D eigenvalue weighted by atomic mass is 10.0. The molecular formula is C14H18N2O3. The Balaban J connectivity index is 1.82. The van der Waals surface area contributed by atoms with Crippen LogP contribution in [-0.4, -0.2) is 37.7 Å². The SMILES string of the molecule is CNCC(=O)N1CCCC1c1ccc2c(c1)OCO2. The average molecular weight is 262 g/mol. The van der Waals surface area contributed by atoms with E-state index in [1.807, 2.05) is 23.1 Å². The molecule has 2 heterocycles. The topological polar surface area (TPSA) is 50.8 Å². The van der Waals surface area contributed by atoms with Crippen molar-refractivity contribution in [3.8, 4) is 11.5 Å². The molecule has 1 amide bonds. The number of likely N-dealkylation sites (N-methyl/N-ethyl adjacent to an activating group) is 1. The lowest BCUT2D eigenvalue weighted by Crippen LogP contribution is -2.36. The number of fused-ring (bicyclic) bond motifs is 1. The highest BCUT2D eigenvalue weighted by Crippen LogP contribution is 2.38. The van der Waals surface area contributed by atoms with Crippen molar-refractivity contribution in [1.29, 1.82) is 0 Å². The molecule has 0 aliphatic carbocycles. The third-order valence-electron chi connectivity index (χ3n) is 3.68. The number of hydrogen-bond acceptors (Lipinski definition) is 4. The van der Waals surface area contributed by atoms with E-state index in [1.54, 1.807) is 7.05 Å². The molecule has 0 bridgehead atoms. The molecule has 0 radical (unpaired) electrons. The maximum absolute atomic E-state index is 12.1. The Morgan fingerprint density at radius 3 is 3.11 bits per heavy atom. The van der Waals surface area contributed by atoms with E-state index in [2.05, 4.69) is 5.32 Å². The third kappa shape index (κ3) is 2.26. The standard InChI is InChI=1S/C14H18N2O3/c1-15-8-14(17)16-6-2-3-11(16)10-4-5-12-13(7-10)19-9-18-12/h4-5,7,11,15H,2-3,6,8-9H2,1H3. The molecule has 0 spiro atoms. The summed E-state index contributed by atoms with van der Waals surface area (Å²) in [5.74, 6) is 1.72. The summed E-state index contributed by atoms with van der Waals surface area (Å²) in [6, 6.07) is 6.12. The second-order valence-electron chi connectivity index (χ2n) is 4.89. The molecular weight excluding hydrogens is 244 g/mol. The number of hydrogen-bond donors (Lipinski definition) is 1. The fourth-order valence-electron chi connectivity index (χ4n) is 2.78.